The highest BCUT2D eigenvalue weighted by Gasteiger charge is 2.47. The van der Waals surface area contributed by atoms with Gasteiger partial charge in [-0.05, 0) is 37.5 Å². The maximum atomic E-state index is 12.2. The molecule has 0 saturated carbocycles. The number of rotatable bonds is 3. The Hall–Kier alpha value is -1.92. The van der Waals surface area contributed by atoms with E-state index in [1.807, 2.05) is 6.92 Å². The number of aliphatic hydroxyl groups excluding tert-OH is 1. The molecule has 2 heterocycles. The number of fused-ring (bicyclic) bond motifs is 3. The van der Waals surface area contributed by atoms with Crippen molar-refractivity contribution in [1.29, 1.82) is 0 Å². The standard InChI is InChI=1S/C17H20O6/c1-3-21-12-5-4-10(8-18)6-13-15(9(2)16(19)22-13)14-7-11(12)17(20)23-14/h6-7,12-15,18H,2-5,8H2,1H3/b10-6-/t12-,13-,14-,15+/m1/s1. The lowest BCUT2D eigenvalue weighted by molar-refractivity contribution is -0.142. The summed E-state index contributed by atoms with van der Waals surface area (Å²) >= 11 is 0. The third-order valence-corrected chi connectivity index (χ3v) is 4.48. The van der Waals surface area contributed by atoms with Crippen molar-refractivity contribution in [3.8, 4) is 0 Å². The number of ether oxygens (including phenoxy) is 3. The Morgan fingerprint density at radius 2 is 1.96 bits per heavy atom. The molecule has 0 aromatic rings. The molecule has 2 aliphatic heterocycles. The molecule has 1 N–H and O–H groups in total. The van der Waals surface area contributed by atoms with E-state index in [-0.39, 0.29) is 18.3 Å². The number of hydrogen-bond donors (Lipinski definition) is 1. The summed E-state index contributed by atoms with van der Waals surface area (Å²) in [5.74, 6) is -1.38. The van der Waals surface area contributed by atoms with Crippen LogP contribution in [0.1, 0.15) is 19.8 Å². The molecule has 3 rings (SSSR count). The van der Waals surface area contributed by atoms with E-state index in [9.17, 15) is 14.7 Å². The van der Waals surface area contributed by atoms with Crippen LogP contribution in [0.4, 0.5) is 0 Å². The zero-order valence-electron chi connectivity index (χ0n) is 13.0. The Balaban J connectivity index is 2.00. The largest absolute Gasteiger partial charge is 0.454 e. The summed E-state index contributed by atoms with van der Waals surface area (Å²) < 4.78 is 16.4. The van der Waals surface area contributed by atoms with Gasteiger partial charge >= 0.3 is 11.9 Å². The zero-order valence-corrected chi connectivity index (χ0v) is 13.0. The second-order valence-corrected chi connectivity index (χ2v) is 5.88. The molecule has 4 atom stereocenters. The van der Waals surface area contributed by atoms with Crippen molar-refractivity contribution < 1.29 is 28.9 Å². The molecule has 2 bridgehead atoms. The van der Waals surface area contributed by atoms with Crippen LogP contribution >= 0.6 is 0 Å². The van der Waals surface area contributed by atoms with E-state index in [2.05, 4.69) is 6.58 Å². The number of esters is 2. The third-order valence-electron chi connectivity index (χ3n) is 4.48. The van der Waals surface area contributed by atoms with Crippen LogP contribution < -0.4 is 0 Å². The van der Waals surface area contributed by atoms with Gasteiger partial charge in [0.05, 0.1) is 24.2 Å². The molecule has 0 amide bonds. The molecule has 6 nitrogen and oxygen atoms in total. The minimum Gasteiger partial charge on any atom is -0.454 e. The first-order valence-corrected chi connectivity index (χ1v) is 7.79. The maximum Gasteiger partial charge on any atom is 0.337 e. The van der Waals surface area contributed by atoms with Gasteiger partial charge in [-0.1, -0.05) is 6.58 Å². The SMILES string of the molecule is C=C1C(=O)O[C@@H]2/C=C(\CO)CC[C@@H](OCC)C3=C[C@@H](OC3=O)[C@@H]12. The van der Waals surface area contributed by atoms with Gasteiger partial charge in [0.2, 0.25) is 0 Å². The van der Waals surface area contributed by atoms with Crippen molar-refractivity contribution in [2.45, 2.75) is 38.1 Å². The quantitative estimate of drug-likeness (QED) is 0.475. The lowest BCUT2D eigenvalue weighted by Gasteiger charge is -2.21. The fourth-order valence-electron chi connectivity index (χ4n) is 3.31. The van der Waals surface area contributed by atoms with Gasteiger partial charge in [0.1, 0.15) is 12.2 Å². The van der Waals surface area contributed by atoms with E-state index in [0.29, 0.717) is 25.0 Å². The Morgan fingerprint density at radius 3 is 2.65 bits per heavy atom. The summed E-state index contributed by atoms with van der Waals surface area (Å²) in [4.78, 5) is 24.1. The van der Waals surface area contributed by atoms with Gasteiger partial charge in [-0.15, -0.1) is 0 Å². The fraction of sp³-hybridized carbons (Fsp3) is 0.529. The van der Waals surface area contributed by atoms with Crippen molar-refractivity contribution in [3.63, 3.8) is 0 Å². The monoisotopic (exact) mass is 320 g/mol. The fourth-order valence-corrected chi connectivity index (χ4v) is 3.31. The average Bonchev–Trinajstić information content (AvgIpc) is 3.02. The first-order chi connectivity index (χ1) is 11.0. The molecular formula is C17H20O6. The summed E-state index contributed by atoms with van der Waals surface area (Å²) in [6.45, 7) is 5.97. The molecule has 1 aliphatic carbocycles. The van der Waals surface area contributed by atoms with Gasteiger partial charge < -0.3 is 19.3 Å². The van der Waals surface area contributed by atoms with Gasteiger partial charge in [0, 0.05) is 12.2 Å². The number of aliphatic hydroxyl groups is 1. The molecule has 6 heteroatoms. The normalized spacial score (nSPS) is 35.8. The van der Waals surface area contributed by atoms with Crippen molar-refractivity contribution in [3.05, 3.63) is 35.5 Å². The van der Waals surface area contributed by atoms with E-state index < -0.39 is 30.1 Å². The Kier molecular flexibility index (Phi) is 4.37. The molecule has 0 aromatic carbocycles. The molecule has 124 valence electrons. The minimum absolute atomic E-state index is 0.134. The summed E-state index contributed by atoms with van der Waals surface area (Å²) in [5, 5.41) is 9.55. The third kappa shape index (κ3) is 2.84. The van der Waals surface area contributed by atoms with Crippen molar-refractivity contribution in [1.82, 2.24) is 0 Å². The molecule has 3 aliphatic rings. The average molecular weight is 320 g/mol. The summed E-state index contributed by atoms with van der Waals surface area (Å²) in [5.41, 5.74) is 1.51. The van der Waals surface area contributed by atoms with Crippen LogP contribution in [0.5, 0.6) is 0 Å². The minimum atomic E-state index is -0.598. The van der Waals surface area contributed by atoms with Gasteiger partial charge in [-0.3, -0.25) is 0 Å². The van der Waals surface area contributed by atoms with Crippen LogP contribution in [0, 0.1) is 5.92 Å². The van der Waals surface area contributed by atoms with Gasteiger partial charge in [0.15, 0.2) is 0 Å². The van der Waals surface area contributed by atoms with Gasteiger partial charge in [0.25, 0.3) is 0 Å². The molecule has 0 radical (unpaired) electrons. The predicted octanol–water partition coefficient (Wildman–Crippen LogP) is 1.05. The van der Waals surface area contributed by atoms with Crippen LogP contribution in [-0.4, -0.2) is 48.6 Å². The zero-order chi connectivity index (χ0) is 16.6. The first-order valence-electron chi connectivity index (χ1n) is 7.79. The Labute approximate surface area is 134 Å². The van der Waals surface area contributed by atoms with Gasteiger partial charge in [-0.2, -0.15) is 0 Å². The van der Waals surface area contributed by atoms with Crippen molar-refractivity contribution >= 4 is 11.9 Å². The summed E-state index contributed by atoms with van der Waals surface area (Å²) in [6.07, 6.45) is 3.02. The highest BCUT2D eigenvalue weighted by atomic mass is 16.6. The van der Waals surface area contributed by atoms with Crippen LogP contribution in [0.3, 0.4) is 0 Å². The van der Waals surface area contributed by atoms with Crippen LogP contribution in [0.15, 0.2) is 35.5 Å². The van der Waals surface area contributed by atoms with Crippen molar-refractivity contribution in [2.24, 2.45) is 5.92 Å². The highest BCUT2D eigenvalue weighted by molar-refractivity contribution is 5.94. The highest BCUT2D eigenvalue weighted by Crippen LogP contribution is 2.38. The number of carbonyl (C=O) groups excluding carboxylic acids is 2. The summed E-state index contributed by atoms with van der Waals surface area (Å²) in [6, 6.07) is 0. The molecule has 1 fully saturated rings. The first kappa shape index (κ1) is 16.0. The van der Waals surface area contributed by atoms with E-state index in [0.717, 1.165) is 5.57 Å². The second kappa shape index (κ2) is 6.29. The number of hydrogen-bond acceptors (Lipinski definition) is 6. The molecule has 0 aromatic heterocycles. The molecule has 23 heavy (non-hydrogen) atoms. The Bertz CT molecular complexity index is 602. The lowest BCUT2D eigenvalue weighted by Crippen LogP contribution is -2.28. The second-order valence-electron chi connectivity index (χ2n) is 5.88. The van der Waals surface area contributed by atoms with Gasteiger partial charge in [-0.25, -0.2) is 9.59 Å². The van der Waals surface area contributed by atoms with Crippen LogP contribution in [-0.2, 0) is 23.8 Å². The van der Waals surface area contributed by atoms with Crippen LogP contribution in [0.25, 0.3) is 0 Å². The molecule has 1 saturated heterocycles. The Morgan fingerprint density at radius 1 is 1.26 bits per heavy atom. The molecule has 0 spiro atoms. The smallest absolute Gasteiger partial charge is 0.337 e. The lowest BCUT2D eigenvalue weighted by atomic mass is 9.87. The topological polar surface area (TPSA) is 82.1 Å². The van der Waals surface area contributed by atoms with E-state index in [1.165, 1.54) is 0 Å². The van der Waals surface area contributed by atoms with E-state index >= 15 is 0 Å². The molecule has 0 unspecified atom stereocenters. The number of carbonyl (C=O) groups is 2. The van der Waals surface area contributed by atoms with E-state index in [4.69, 9.17) is 14.2 Å². The van der Waals surface area contributed by atoms with Crippen LogP contribution in [0.2, 0.25) is 0 Å². The maximum absolute atomic E-state index is 12.2. The molecular weight excluding hydrogens is 300 g/mol. The van der Waals surface area contributed by atoms with E-state index in [1.54, 1.807) is 12.2 Å². The van der Waals surface area contributed by atoms with Crippen molar-refractivity contribution in [2.75, 3.05) is 13.2 Å². The predicted molar refractivity (Wildman–Crippen MR) is 80.3 cm³/mol. The summed E-state index contributed by atoms with van der Waals surface area (Å²) in [7, 11) is 0.